The molecule has 18 heavy (non-hydrogen) atoms. The Morgan fingerprint density at radius 3 is 2.94 bits per heavy atom. The molecule has 4 heteroatoms. The number of hydrogen-bond donors (Lipinski definition) is 1. The van der Waals surface area contributed by atoms with Crippen molar-refractivity contribution in [1.82, 2.24) is 5.32 Å². The average Bonchev–Trinajstić information content (AvgIpc) is 2.90. The van der Waals surface area contributed by atoms with Crippen molar-refractivity contribution in [2.24, 2.45) is 0 Å². The third-order valence-electron chi connectivity index (χ3n) is 3.51. The zero-order valence-electron chi connectivity index (χ0n) is 10.6. The molecule has 0 aromatic heterocycles. The van der Waals surface area contributed by atoms with Crippen LogP contribution in [0.25, 0.3) is 5.57 Å². The van der Waals surface area contributed by atoms with Crippen LogP contribution in [0, 0.1) is 10.1 Å². The Kier molecular flexibility index (Phi) is 3.77. The van der Waals surface area contributed by atoms with E-state index in [1.54, 1.807) is 12.1 Å². The molecular weight excluding hydrogens is 228 g/mol. The van der Waals surface area contributed by atoms with Crippen molar-refractivity contribution in [3.63, 3.8) is 0 Å². The standard InChI is InChI=1S/C14H18N2O2/c1-3-11-6-4-8-13(16(17)18)14(11)10(2)12-7-5-9-15-12/h4,6,8,12,15H,2-3,5,7,9H2,1H3. The van der Waals surface area contributed by atoms with Crippen molar-refractivity contribution in [3.05, 3.63) is 46.0 Å². The fourth-order valence-corrected chi connectivity index (χ4v) is 2.56. The van der Waals surface area contributed by atoms with Crippen LogP contribution in [0.1, 0.15) is 30.9 Å². The molecule has 1 atom stereocenters. The monoisotopic (exact) mass is 246 g/mol. The van der Waals surface area contributed by atoms with Crippen LogP contribution in [-0.4, -0.2) is 17.5 Å². The molecule has 1 N–H and O–H groups in total. The molecule has 96 valence electrons. The van der Waals surface area contributed by atoms with Crippen LogP contribution >= 0.6 is 0 Å². The molecule has 1 aliphatic heterocycles. The Bertz CT molecular complexity index is 477. The van der Waals surface area contributed by atoms with Crippen molar-refractivity contribution in [1.29, 1.82) is 0 Å². The van der Waals surface area contributed by atoms with Crippen molar-refractivity contribution in [3.8, 4) is 0 Å². The van der Waals surface area contributed by atoms with Gasteiger partial charge in [0, 0.05) is 12.1 Å². The van der Waals surface area contributed by atoms with Crippen LogP contribution in [0.15, 0.2) is 24.8 Å². The third-order valence-corrected chi connectivity index (χ3v) is 3.51. The molecule has 1 unspecified atom stereocenters. The van der Waals surface area contributed by atoms with E-state index < -0.39 is 0 Å². The van der Waals surface area contributed by atoms with Crippen LogP contribution in [0.5, 0.6) is 0 Å². The van der Waals surface area contributed by atoms with Gasteiger partial charge in [0.05, 0.1) is 10.5 Å². The summed E-state index contributed by atoms with van der Waals surface area (Å²) in [5.74, 6) is 0. The first kappa shape index (κ1) is 12.8. The lowest BCUT2D eigenvalue weighted by atomic mass is 9.92. The largest absolute Gasteiger partial charge is 0.310 e. The van der Waals surface area contributed by atoms with Crippen LogP contribution in [0.3, 0.4) is 0 Å². The SMILES string of the molecule is C=C(c1c(CC)cccc1[N+](=O)[O-])C1CCCN1. The van der Waals surface area contributed by atoms with Gasteiger partial charge < -0.3 is 5.32 Å². The molecule has 1 heterocycles. The lowest BCUT2D eigenvalue weighted by molar-refractivity contribution is -0.385. The summed E-state index contributed by atoms with van der Waals surface area (Å²) in [7, 11) is 0. The summed E-state index contributed by atoms with van der Waals surface area (Å²) in [4.78, 5) is 10.8. The van der Waals surface area contributed by atoms with Gasteiger partial charge in [0.25, 0.3) is 5.69 Å². The van der Waals surface area contributed by atoms with E-state index in [2.05, 4.69) is 11.9 Å². The van der Waals surface area contributed by atoms with Gasteiger partial charge in [0.1, 0.15) is 0 Å². The Balaban J connectivity index is 2.45. The highest BCUT2D eigenvalue weighted by Crippen LogP contribution is 2.33. The molecule has 0 amide bonds. The highest BCUT2D eigenvalue weighted by atomic mass is 16.6. The Hall–Kier alpha value is -1.68. The highest BCUT2D eigenvalue weighted by Gasteiger charge is 2.25. The second kappa shape index (κ2) is 5.31. The molecule has 1 aliphatic rings. The van der Waals surface area contributed by atoms with Crippen LogP contribution in [0.2, 0.25) is 0 Å². The summed E-state index contributed by atoms with van der Waals surface area (Å²) in [5, 5.41) is 14.5. The molecular formula is C14H18N2O2. The maximum absolute atomic E-state index is 11.2. The van der Waals surface area contributed by atoms with E-state index >= 15 is 0 Å². The zero-order chi connectivity index (χ0) is 13.1. The van der Waals surface area contributed by atoms with Crippen molar-refractivity contribution in [2.75, 3.05) is 6.54 Å². The van der Waals surface area contributed by atoms with E-state index in [-0.39, 0.29) is 16.7 Å². The van der Waals surface area contributed by atoms with Crippen LogP contribution in [0.4, 0.5) is 5.69 Å². The third kappa shape index (κ3) is 2.29. The second-order valence-electron chi connectivity index (χ2n) is 4.60. The van der Waals surface area contributed by atoms with E-state index in [1.165, 1.54) is 0 Å². The van der Waals surface area contributed by atoms with Gasteiger partial charge in [-0.25, -0.2) is 0 Å². The Labute approximate surface area is 107 Å². The summed E-state index contributed by atoms with van der Waals surface area (Å²) in [5.41, 5.74) is 2.76. The van der Waals surface area contributed by atoms with Gasteiger partial charge in [-0.3, -0.25) is 10.1 Å². The molecule has 0 bridgehead atoms. The maximum Gasteiger partial charge on any atom is 0.277 e. The quantitative estimate of drug-likeness (QED) is 0.656. The van der Waals surface area contributed by atoms with Crippen molar-refractivity contribution >= 4 is 11.3 Å². The zero-order valence-corrected chi connectivity index (χ0v) is 10.6. The minimum atomic E-state index is -0.311. The predicted octanol–water partition coefficient (Wildman–Crippen LogP) is 2.92. The fraction of sp³-hybridized carbons (Fsp3) is 0.429. The summed E-state index contributed by atoms with van der Waals surface area (Å²) in [6, 6.07) is 5.43. The Morgan fingerprint density at radius 2 is 2.39 bits per heavy atom. The molecule has 0 radical (unpaired) electrons. The van der Waals surface area contributed by atoms with Gasteiger partial charge in [-0.2, -0.15) is 0 Å². The summed E-state index contributed by atoms with van der Waals surface area (Å²) in [6.07, 6.45) is 2.89. The number of aryl methyl sites for hydroxylation is 1. The van der Waals surface area contributed by atoms with Gasteiger partial charge in [-0.1, -0.05) is 25.6 Å². The Morgan fingerprint density at radius 1 is 1.61 bits per heavy atom. The van der Waals surface area contributed by atoms with Crippen LogP contribution in [-0.2, 0) is 6.42 Å². The number of hydrogen-bond acceptors (Lipinski definition) is 3. The van der Waals surface area contributed by atoms with E-state index in [0.717, 1.165) is 42.5 Å². The summed E-state index contributed by atoms with van der Waals surface area (Å²) < 4.78 is 0. The number of nitro benzene ring substituents is 1. The molecule has 1 aromatic rings. The van der Waals surface area contributed by atoms with Crippen molar-refractivity contribution < 1.29 is 4.92 Å². The van der Waals surface area contributed by atoms with Gasteiger partial charge in [-0.15, -0.1) is 0 Å². The average molecular weight is 246 g/mol. The molecule has 0 spiro atoms. The predicted molar refractivity (Wildman–Crippen MR) is 72.5 cm³/mol. The molecule has 0 saturated carbocycles. The second-order valence-corrected chi connectivity index (χ2v) is 4.60. The van der Waals surface area contributed by atoms with Gasteiger partial charge in [0.2, 0.25) is 0 Å². The number of nitrogens with one attached hydrogen (secondary N) is 1. The molecule has 1 aromatic carbocycles. The summed E-state index contributed by atoms with van der Waals surface area (Å²) >= 11 is 0. The molecule has 0 aliphatic carbocycles. The van der Waals surface area contributed by atoms with Gasteiger partial charge in [-0.05, 0) is 36.9 Å². The van der Waals surface area contributed by atoms with Crippen molar-refractivity contribution in [2.45, 2.75) is 32.2 Å². The van der Waals surface area contributed by atoms with E-state index in [1.807, 2.05) is 13.0 Å². The molecule has 1 saturated heterocycles. The molecule has 1 fully saturated rings. The smallest absolute Gasteiger partial charge is 0.277 e. The normalized spacial score (nSPS) is 18.8. The van der Waals surface area contributed by atoms with E-state index in [4.69, 9.17) is 0 Å². The molecule has 2 rings (SSSR count). The number of nitrogens with zero attached hydrogens (tertiary/aromatic N) is 1. The first-order valence-electron chi connectivity index (χ1n) is 6.34. The minimum absolute atomic E-state index is 0.174. The molecule has 4 nitrogen and oxygen atoms in total. The topological polar surface area (TPSA) is 55.2 Å². The van der Waals surface area contributed by atoms with E-state index in [9.17, 15) is 10.1 Å². The number of nitro groups is 1. The number of benzene rings is 1. The first-order chi connectivity index (χ1) is 8.65. The maximum atomic E-state index is 11.2. The highest BCUT2D eigenvalue weighted by molar-refractivity contribution is 5.77. The van der Waals surface area contributed by atoms with Crippen LogP contribution < -0.4 is 5.32 Å². The minimum Gasteiger partial charge on any atom is -0.310 e. The van der Waals surface area contributed by atoms with Gasteiger partial charge >= 0.3 is 0 Å². The van der Waals surface area contributed by atoms with E-state index in [0.29, 0.717) is 0 Å². The first-order valence-corrected chi connectivity index (χ1v) is 6.34. The number of rotatable bonds is 4. The lowest BCUT2D eigenvalue weighted by Crippen LogP contribution is -2.23. The lowest BCUT2D eigenvalue weighted by Gasteiger charge is -2.17. The summed E-state index contributed by atoms with van der Waals surface area (Å²) in [6.45, 7) is 7.07. The fourth-order valence-electron chi connectivity index (χ4n) is 2.56. The van der Waals surface area contributed by atoms with Gasteiger partial charge in [0.15, 0.2) is 0 Å².